The molecular formula is C9H12N2O3. The Morgan fingerprint density at radius 2 is 2.50 bits per heavy atom. The molecule has 0 aliphatic carbocycles. The van der Waals surface area contributed by atoms with E-state index in [0.29, 0.717) is 5.69 Å². The summed E-state index contributed by atoms with van der Waals surface area (Å²) in [5.41, 5.74) is 1.51. The van der Waals surface area contributed by atoms with E-state index in [1.165, 1.54) is 6.20 Å². The van der Waals surface area contributed by atoms with Gasteiger partial charge in [-0.3, -0.25) is 10.3 Å². The minimum Gasteiger partial charge on any atom is -0.447 e. The van der Waals surface area contributed by atoms with E-state index >= 15 is 0 Å². The molecule has 0 fully saturated rings. The molecule has 5 nitrogen and oxygen atoms in total. The summed E-state index contributed by atoms with van der Waals surface area (Å²) in [6, 6.07) is 1.78. The maximum Gasteiger partial charge on any atom is 0.411 e. The van der Waals surface area contributed by atoms with Gasteiger partial charge in [-0.15, -0.1) is 0 Å². The number of rotatable bonds is 3. The van der Waals surface area contributed by atoms with Crippen LogP contribution >= 0.6 is 0 Å². The molecule has 0 aromatic carbocycles. The molecule has 0 aliphatic rings. The Bertz CT molecular complexity index is 315. The van der Waals surface area contributed by atoms with E-state index < -0.39 is 6.09 Å². The van der Waals surface area contributed by atoms with Crippen LogP contribution in [-0.2, 0) is 4.74 Å². The summed E-state index contributed by atoms with van der Waals surface area (Å²) in [6.07, 6.45) is 2.59. The van der Waals surface area contributed by atoms with Gasteiger partial charge in [-0.25, -0.2) is 4.79 Å². The van der Waals surface area contributed by atoms with Gasteiger partial charge in [0, 0.05) is 6.20 Å². The fourth-order valence-electron chi connectivity index (χ4n) is 0.879. The van der Waals surface area contributed by atoms with Crippen LogP contribution in [0.3, 0.4) is 0 Å². The highest BCUT2D eigenvalue weighted by Crippen LogP contribution is 2.11. The summed E-state index contributed by atoms with van der Waals surface area (Å²) in [5.74, 6) is 0. The number of aliphatic hydroxyl groups is 1. The number of amides is 1. The fraction of sp³-hybridized carbons (Fsp3) is 0.333. The molecule has 1 aromatic rings. The van der Waals surface area contributed by atoms with Crippen molar-refractivity contribution < 1.29 is 14.6 Å². The van der Waals surface area contributed by atoms with Gasteiger partial charge in [0.25, 0.3) is 0 Å². The molecule has 5 heteroatoms. The fourth-order valence-corrected chi connectivity index (χ4v) is 0.879. The quantitative estimate of drug-likeness (QED) is 0.754. The highest BCUT2D eigenvalue weighted by molar-refractivity contribution is 5.85. The number of nitrogens with one attached hydrogen (secondary N) is 1. The first-order chi connectivity index (χ1) is 6.74. The Morgan fingerprint density at radius 1 is 1.71 bits per heavy atom. The number of hydrogen-bond acceptors (Lipinski definition) is 4. The second-order valence-electron chi connectivity index (χ2n) is 2.68. The maximum absolute atomic E-state index is 11.1. The Balaban J connectivity index is 2.52. The van der Waals surface area contributed by atoms with Gasteiger partial charge in [-0.05, 0) is 18.6 Å². The predicted molar refractivity (Wildman–Crippen MR) is 51.0 cm³/mol. The standard InChI is InChI=1S/C9H12N2O3/c1-7-2-3-10-6-8(7)11-9(13)14-5-4-12/h2-3,6,12H,4-5H2,1H3,(H,11,13). The van der Waals surface area contributed by atoms with E-state index in [2.05, 4.69) is 15.0 Å². The van der Waals surface area contributed by atoms with Crippen LogP contribution < -0.4 is 5.32 Å². The number of carbonyl (C=O) groups excluding carboxylic acids is 1. The van der Waals surface area contributed by atoms with Crippen LogP contribution in [0.2, 0.25) is 0 Å². The molecule has 0 radical (unpaired) electrons. The molecule has 2 N–H and O–H groups in total. The summed E-state index contributed by atoms with van der Waals surface area (Å²) in [4.78, 5) is 14.9. The number of hydrogen-bond donors (Lipinski definition) is 2. The normalized spacial score (nSPS) is 9.57. The van der Waals surface area contributed by atoms with Crippen LogP contribution in [0.1, 0.15) is 5.56 Å². The molecule has 1 aromatic heterocycles. The summed E-state index contributed by atoms with van der Waals surface area (Å²) in [5, 5.41) is 10.9. The molecule has 1 rings (SSSR count). The average molecular weight is 196 g/mol. The number of nitrogens with zero attached hydrogens (tertiary/aromatic N) is 1. The van der Waals surface area contributed by atoms with Crippen molar-refractivity contribution in [3.05, 3.63) is 24.0 Å². The Labute approximate surface area is 81.7 Å². The topological polar surface area (TPSA) is 71.5 Å². The maximum atomic E-state index is 11.1. The summed E-state index contributed by atoms with van der Waals surface area (Å²) in [6.45, 7) is 1.66. The van der Waals surface area contributed by atoms with Gasteiger partial charge in [0.05, 0.1) is 18.5 Å². The monoisotopic (exact) mass is 196 g/mol. The number of pyridine rings is 1. The van der Waals surface area contributed by atoms with E-state index in [-0.39, 0.29) is 13.2 Å². The molecule has 1 heterocycles. The molecule has 14 heavy (non-hydrogen) atoms. The van der Waals surface area contributed by atoms with Crippen LogP contribution in [0.25, 0.3) is 0 Å². The molecule has 76 valence electrons. The van der Waals surface area contributed by atoms with Crippen molar-refractivity contribution in [1.29, 1.82) is 0 Å². The molecule has 0 bridgehead atoms. The average Bonchev–Trinajstić information content (AvgIpc) is 2.18. The van der Waals surface area contributed by atoms with Gasteiger partial charge < -0.3 is 9.84 Å². The number of anilines is 1. The summed E-state index contributed by atoms with van der Waals surface area (Å²) < 4.78 is 4.62. The smallest absolute Gasteiger partial charge is 0.411 e. The molecule has 0 unspecified atom stereocenters. The lowest BCUT2D eigenvalue weighted by Gasteiger charge is -2.07. The zero-order valence-corrected chi connectivity index (χ0v) is 7.86. The molecule has 0 saturated heterocycles. The van der Waals surface area contributed by atoms with Gasteiger partial charge >= 0.3 is 6.09 Å². The third kappa shape index (κ3) is 3.02. The lowest BCUT2D eigenvalue weighted by molar-refractivity contribution is 0.131. The van der Waals surface area contributed by atoms with E-state index in [4.69, 9.17) is 5.11 Å². The van der Waals surface area contributed by atoms with E-state index in [1.54, 1.807) is 12.3 Å². The summed E-state index contributed by atoms with van der Waals surface area (Å²) >= 11 is 0. The van der Waals surface area contributed by atoms with Crippen molar-refractivity contribution >= 4 is 11.8 Å². The van der Waals surface area contributed by atoms with Crippen molar-refractivity contribution in [3.63, 3.8) is 0 Å². The zero-order chi connectivity index (χ0) is 10.4. The second-order valence-corrected chi connectivity index (χ2v) is 2.68. The van der Waals surface area contributed by atoms with Gasteiger partial charge in [0.15, 0.2) is 0 Å². The van der Waals surface area contributed by atoms with Crippen molar-refractivity contribution in [1.82, 2.24) is 4.98 Å². The molecule has 0 spiro atoms. The number of aromatic nitrogens is 1. The van der Waals surface area contributed by atoms with Crippen molar-refractivity contribution in [2.45, 2.75) is 6.92 Å². The minimum atomic E-state index is -0.588. The van der Waals surface area contributed by atoms with Crippen LogP contribution in [0, 0.1) is 6.92 Å². The highest BCUT2D eigenvalue weighted by atomic mass is 16.6. The predicted octanol–water partition coefficient (Wildman–Crippen LogP) is 0.931. The van der Waals surface area contributed by atoms with E-state index in [1.807, 2.05) is 6.92 Å². The van der Waals surface area contributed by atoms with E-state index in [9.17, 15) is 4.79 Å². The second kappa shape index (κ2) is 5.18. The lowest BCUT2D eigenvalue weighted by Crippen LogP contribution is -2.16. The van der Waals surface area contributed by atoms with Crippen molar-refractivity contribution in [3.8, 4) is 0 Å². The van der Waals surface area contributed by atoms with Crippen molar-refractivity contribution in [2.24, 2.45) is 0 Å². The number of aryl methyl sites for hydroxylation is 1. The third-order valence-corrected chi connectivity index (χ3v) is 1.60. The Kier molecular flexibility index (Phi) is 3.87. The van der Waals surface area contributed by atoms with Gasteiger partial charge in [0.2, 0.25) is 0 Å². The largest absolute Gasteiger partial charge is 0.447 e. The minimum absolute atomic E-state index is 0.00879. The SMILES string of the molecule is Cc1ccncc1NC(=O)OCCO. The van der Waals surface area contributed by atoms with Gasteiger partial charge in [-0.1, -0.05) is 0 Å². The zero-order valence-electron chi connectivity index (χ0n) is 7.86. The molecule has 1 amide bonds. The van der Waals surface area contributed by atoms with Gasteiger partial charge in [-0.2, -0.15) is 0 Å². The van der Waals surface area contributed by atoms with Gasteiger partial charge in [0.1, 0.15) is 6.61 Å². The Hall–Kier alpha value is -1.62. The molecule has 0 saturated carbocycles. The first kappa shape index (κ1) is 10.5. The van der Waals surface area contributed by atoms with Crippen molar-refractivity contribution in [2.75, 3.05) is 18.5 Å². The third-order valence-electron chi connectivity index (χ3n) is 1.60. The van der Waals surface area contributed by atoms with Crippen LogP contribution in [0.15, 0.2) is 18.5 Å². The number of aliphatic hydroxyl groups excluding tert-OH is 1. The molecule has 0 atom stereocenters. The Morgan fingerprint density at radius 3 is 3.14 bits per heavy atom. The molecular weight excluding hydrogens is 184 g/mol. The molecule has 0 aliphatic heterocycles. The number of ether oxygens (including phenoxy) is 1. The van der Waals surface area contributed by atoms with Crippen LogP contribution in [0.5, 0.6) is 0 Å². The summed E-state index contributed by atoms with van der Waals surface area (Å²) in [7, 11) is 0. The number of carbonyl (C=O) groups is 1. The lowest BCUT2D eigenvalue weighted by atomic mass is 10.2. The van der Waals surface area contributed by atoms with Crippen LogP contribution in [-0.4, -0.2) is 29.4 Å². The first-order valence-corrected chi connectivity index (χ1v) is 4.19. The van der Waals surface area contributed by atoms with Crippen LogP contribution in [0.4, 0.5) is 10.5 Å². The highest BCUT2D eigenvalue weighted by Gasteiger charge is 2.04. The first-order valence-electron chi connectivity index (χ1n) is 4.19. The van der Waals surface area contributed by atoms with E-state index in [0.717, 1.165) is 5.56 Å².